The van der Waals surface area contributed by atoms with E-state index in [0.717, 1.165) is 31.7 Å². The minimum absolute atomic E-state index is 0.0433. The SMILES string of the molecule is COC[C@@]12CCN(Cc3cn(C)nc3C)C[C@@H]1CN(S(C)(=O)=O)C2. The molecule has 0 radical (unpaired) electrons. The van der Waals surface area contributed by atoms with Crippen LogP contribution in [0.2, 0.25) is 0 Å². The summed E-state index contributed by atoms with van der Waals surface area (Å²) in [5.74, 6) is 0.318. The lowest BCUT2D eigenvalue weighted by atomic mass is 9.73. The fraction of sp³-hybridized carbons (Fsp3) is 0.812. The fourth-order valence-electron chi connectivity index (χ4n) is 4.27. The first kappa shape index (κ1) is 17.8. The zero-order valence-corrected chi connectivity index (χ0v) is 15.8. The van der Waals surface area contributed by atoms with Crippen LogP contribution in [0.25, 0.3) is 0 Å². The van der Waals surface area contributed by atoms with Crippen molar-refractivity contribution in [2.24, 2.45) is 18.4 Å². The van der Waals surface area contributed by atoms with E-state index in [9.17, 15) is 8.42 Å². The van der Waals surface area contributed by atoms with Crippen LogP contribution in [-0.4, -0.2) is 73.6 Å². The van der Waals surface area contributed by atoms with Crippen molar-refractivity contribution < 1.29 is 13.2 Å². The van der Waals surface area contributed by atoms with Crippen molar-refractivity contribution in [3.8, 4) is 0 Å². The van der Waals surface area contributed by atoms with E-state index in [1.165, 1.54) is 11.8 Å². The lowest BCUT2D eigenvalue weighted by Crippen LogP contribution is -2.48. The number of likely N-dealkylation sites (tertiary alicyclic amines) is 1. The standard InChI is InChI=1S/C16H28N4O3S/c1-13-14(7-18(2)17-13)8-19-6-5-16(12-23-3)11-20(24(4,21)22)10-15(16)9-19/h7,15H,5-6,8-12H2,1-4H3/t15-,16+/m1/s1. The minimum atomic E-state index is -3.15. The molecule has 2 atom stereocenters. The molecule has 0 N–H and O–H groups in total. The molecule has 0 unspecified atom stereocenters. The second-order valence-corrected chi connectivity index (χ2v) is 9.43. The third-order valence-corrected chi connectivity index (χ3v) is 6.81. The van der Waals surface area contributed by atoms with Crippen molar-refractivity contribution in [3.63, 3.8) is 0 Å². The molecule has 3 rings (SSSR count). The average molecular weight is 356 g/mol. The normalized spacial score (nSPS) is 29.1. The van der Waals surface area contributed by atoms with Gasteiger partial charge in [0.05, 0.1) is 18.6 Å². The molecule has 0 aromatic carbocycles. The van der Waals surface area contributed by atoms with Crippen molar-refractivity contribution in [1.29, 1.82) is 0 Å². The summed E-state index contributed by atoms with van der Waals surface area (Å²) in [5, 5.41) is 4.41. The van der Waals surface area contributed by atoms with Gasteiger partial charge in [0.1, 0.15) is 0 Å². The molecule has 2 aliphatic heterocycles. The molecule has 7 nitrogen and oxygen atoms in total. The molecule has 0 spiro atoms. The molecular weight excluding hydrogens is 328 g/mol. The van der Waals surface area contributed by atoms with Crippen LogP contribution in [0.1, 0.15) is 17.7 Å². The number of piperidine rings is 1. The Morgan fingerprint density at radius 3 is 2.75 bits per heavy atom. The molecule has 3 heterocycles. The predicted octanol–water partition coefficient (Wildman–Crippen LogP) is 0.458. The van der Waals surface area contributed by atoms with Gasteiger partial charge in [-0.05, 0) is 25.8 Å². The molecule has 1 aromatic heterocycles. The number of ether oxygens (including phenoxy) is 1. The van der Waals surface area contributed by atoms with Crippen molar-refractivity contribution >= 4 is 10.0 Å². The summed E-state index contributed by atoms with van der Waals surface area (Å²) in [6.45, 7) is 6.60. The predicted molar refractivity (Wildman–Crippen MR) is 92.1 cm³/mol. The summed E-state index contributed by atoms with van der Waals surface area (Å²) in [7, 11) is 0.499. The number of rotatable bonds is 5. The molecule has 24 heavy (non-hydrogen) atoms. The third-order valence-electron chi connectivity index (χ3n) is 5.60. The number of fused-ring (bicyclic) bond motifs is 1. The molecule has 2 fully saturated rings. The van der Waals surface area contributed by atoms with Gasteiger partial charge < -0.3 is 4.74 Å². The maximum absolute atomic E-state index is 12.0. The van der Waals surface area contributed by atoms with Crippen molar-refractivity contribution in [1.82, 2.24) is 19.0 Å². The van der Waals surface area contributed by atoms with E-state index in [1.807, 2.05) is 18.7 Å². The monoisotopic (exact) mass is 356 g/mol. The number of aryl methyl sites for hydroxylation is 2. The lowest BCUT2D eigenvalue weighted by Gasteiger charge is -2.43. The van der Waals surface area contributed by atoms with Crippen LogP contribution >= 0.6 is 0 Å². The highest BCUT2D eigenvalue weighted by molar-refractivity contribution is 7.88. The van der Waals surface area contributed by atoms with E-state index in [2.05, 4.69) is 16.2 Å². The molecule has 136 valence electrons. The van der Waals surface area contributed by atoms with Crippen LogP contribution in [-0.2, 0) is 28.4 Å². The number of aromatic nitrogens is 2. The number of nitrogens with zero attached hydrogens (tertiary/aromatic N) is 4. The summed E-state index contributed by atoms with van der Waals surface area (Å²) in [4.78, 5) is 2.42. The summed E-state index contributed by atoms with van der Waals surface area (Å²) in [6, 6.07) is 0. The summed E-state index contributed by atoms with van der Waals surface area (Å²) >= 11 is 0. The van der Waals surface area contributed by atoms with Gasteiger partial charge >= 0.3 is 0 Å². The Morgan fingerprint density at radius 1 is 1.42 bits per heavy atom. The first-order chi connectivity index (χ1) is 11.2. The van der Waals surface area contributed by atoms with Gasteiger partial charge in [0.15, 0.2) is 0 Å². The molecule has 0 aliphatic carbocycles. The van der Waals surface area contributed by atoms with Gasteiger partial charge in [-0.25, -0.2) is 12.7 Å². The van der Waals surface area contributed by atoms with Crippen molar-refractivity contribution in [2.75, 3.05) is 46.2 Å². The van der Waals surface area contributed by atoms with Crippen molar-refractivity contribution in [3.05, 3.63) is 17.5 Å². The molecule has 1 aromatic rings. The highest BCUT2D eigenvalue weighted by Gasteiger charge is 2.51. The average Bonchev–Trinajstić information content (AvgIpc) is 2.99. The van der Waals surface area contributed by atoms with Crippen LogP contribution in [0.15, 0.2) is 6.20 Å². The second kappa shape index (κ2) is 6.40. The fourth-order valence-corrected chi connectivity index (χ4v) is 5.21. The summed E-state index contributed by atoms with van der Waals surface area (Å²) in [6.07, 6.45) is 4.35. The quantitative estimate of drug-likeness (QED) is 0.767. The van der Waals surface area contributed by atoms with Crippen LogP contribution in [0.4, 0.5) is 0 Å². The van der Waals surface area contributed by atoms with Crippen LogP contribution in [0, 0.1) is 18.3 Å². The first-order valence-corrected chi connectivity index (χ1v) is 10.2. The van der Waals surface area contributed by atoms with E-state index in [0.29, 0.717) is 25.6 Å². The van der Waals surface area contributed by atoms with Gasteiger partial charge in [0, 0.05) is 57.5 Å². The van der Waals surface area contributed by atoms with E-state index in [-0.39, 0.29) is 5.41 Å². The molecule has 2 saturated heterocycles. The van der Waals surface area contributed by atoms with E-state index < -0.39 is 10.0 Å². The zero-order valence-electron chi connectivity index (χ0n) is 15.0. The minimum Gasteiger partial charge on any atom is -0.384 e. The largest absolute Gasteiger partial charge is 0.384 e. The van der Waals surface area contributed by atoms with E-state index in [1.54, 1.807) is 11.4 Å². The van der Waals surface area contributed by atoms with E-state index in [4.69, 9.17) is 4.74 Å². The van der Waals surface area contributed by atoms with Gasteiger partial charge in [-0.1, -0.05) is 0 Å². The maximum atomic E-state index is 12.0. The van der Waals surface area contributed by atoms with Gasteiger partial charge in [0.25, 0.3) is 0 Å². The lowest BCUT2D eigenvalue weighted by molar-refractivity contribution is -0.00113. The molecule has 0 saturated carbocycles. The van der Waals surface area contributed by atoms with Crippen LogP contribution < -0.4 is 0 Å². The third kappa shape index (κ3) is 3.37. The van der Waals surface area contributed by atoms with Gasteiger partial charge in [0.2, 0.25) is 10.0 Å². The molecule has 0 bridgehead atoms. The molecular formula is C16H28N4O3S. The van der Waals surface area contributed by atoms with Gasteiger partial charge in [-0.3, -0.25) is 9.58 Å². The number of hydrogen-bond acceptors (Lipinski definition) is 5. The van der Waals surface area contributed by atoms with Gasteiger partial charge in [-0.15, -0.1) is 0 Å². The Labute approximate surface area is 144 Å². The topological polar surface area (TPSA) is 67.7 Å². The van der Waals surface area contributed by atoms with Crippen molar-refractivity contribution in [2.45, 2.75) is 19.9 Å². The van der Waals surface area contributed by atoms with Crippen LogP contribution in [0.5, 0.6) is 0 Å². The Morgan fingerprint density at radius 2 is 2.17 bits per heavy atom. The highest BCUT2D eigenvalue weighted by Crippen LogP contribution is 2.44. The Balaban J connectivity index is 1.74. The highest BCUT2D eigenvalue weighted by atomic mass is 32.2. The molecule has 2 aliphatic rings. The Hall–Kier alpha value is -0.960. The first-order valence-electron chi connectivity index (χ1n) is 8.39. The number of sulfonamides is 1. The summed E-state index contributed by atoms with van der Waals surface area (Å²) in [5.41, 5.74) is 2.27. The van der Waals surface area contributed by atoms with Crippen LogP contribution in [0.3, 0.4) is 0 Å². The smallest absolute Gasteiger partial charge is 0.211 e. The molecule has 8 heteroatoms. The summed E-state index contributed by atoms with van der Waals surface area (Å²) < 4.78 is 33.0. The van der Waals surface area contributed by atoms with E-state index >= 15 is 0 Å². The second-order valence-electron chi connectivity index (χ2n) is 7.45. The maximum Gasteiger partial charge on any atom is 0.211 e. The Bertz CT molecular complexity index is 702. The number of hydrogen-bond donors (Lipinski definition) is 0. The van der Waals surface area contributed by atoms with Gasteiger partial charge in [-0.2, -0.15) is 5.10 Å². The zero-order chi connectivity index (χ0) is 17.5. The Kier molecular flexibility index (Phi) is 4.76. The number of methoxy groups -OCH3 is 1. The molecule has 0 amide bonds.